The zero-order chi connectivity index (χ0) is 24.5. The molecule has 0 aliphatic rings. The molecular formula is C20H17ClF3N7O3. The lowest BCUT2D eigenvalue weighted by Gasteiger charge is -2.12. The molecule has 3 heterocycles. The summed E-state index contributed by atoms with van der Waals surface area (Å²) in [5.74, 6) is -0.0350. The van der Waals surface area contributed by atoms with Crippen LogP contribution < -0.4 is 10.6 Å². The van der Waals surface area contributed by atoms with Crippen LogP contribution in [0.1, 0.15) is 34.7 Å². The molecule has 4 aromatic rings. The number of rotatable bonds is 7. The quantitative estimate of drug-likeness (QED) is 0.305. The van der Waals surface area contributed by atoms with Gasteiger partial charge in [-0.15, -0.1) is 0 Å². The van der Waals surface area contributed by atoms with Crippen LogP contribution in [-0.4, -0.2) is 49.3 Å². The molecule has 1 atom stereocenters. The van der Waals surface area contributed by atoms with Gasteiger partial charge in [0.05, 0.1) is 29.2 Å². The van der Waals surface area contributed by atoms with E-state index in [0.29, 0.717) is 11.2 Å². The van der Waals surface area contributed by atoms with E-state index in [-0.39, 0.29) is 46.8 Å². The predicted molar refractivity (Wildman–Crippen MR) is 115 cm³/mol. The Morgan fingerprint density at radius 3 is 2.82 bits per heavy atom. The summed E-state index contributed by atoms with van der Waals surface area (Å²) in [4.78, 5) is 27.5. The monoisotopic (exact) mass is 495 g/mol. The molecule has 34 heavy (non-hydrogen) atoms. The molecule has 0 aliphatic carbocycles. The Hall–Kier alpha value is -3.71. The van der Waals surface area contributed by atoms with E-state index in [1.54, 1.807) is 6.92 Å². The Morgan fingerprint density at radius 1 is 1.29 bits per heavy atom. The Morgan fingerprint density at radius 2 is 2.09 bits per heavy atom. The molecule has 14 heteroatoms. The highest BCUT2D eigenvalue weighted by atomic mass is 35.5. The van der Waals surface area contributed by atoms with Gasteiger partial charge in [0, 0.05) is 12.6 Å². The highest BCUT2D eigenvalue weighted by molar-refractivity contribution is 6.35. The standard InChI is InChI=1S/C20H17ClF3N7O3/c1-9(28-19(33)16-15(21)18(25-4-5-32)27-8-26-16)12-7-14(34-31-12)17-29-11-3-2-10(20(22,23)24)6-13(11)30-17/h2-3,6-9,32H,4-5H2,1H3,(H,28,33)(H,29,30)(H,25,26,27)/t9-/m1/s1. The number of benzene rings is 1. The van der Waals surface area contributed by atoms with Gasteiger partial charge >= 0.3 is 6.18 Å². The molecule has 0 bridgehead atoms. The van der Waals surface area contributed by atoms with Gasteiger partial charge < -0.3 is 25.2 Å². The van der Waals surface area contributed by atoms with Gasteiger partial charge in [0.2, 0.25) is 5.76 Å². The van der Waals surface area contributed by atoms with Gasteiger partial charge in [-0.3, -0.25) is 4.79 Å². The van der Waals surface area contributed by atoms with Crippen LogP contribution in [0.4, 0.5) is 19.0 Å². The first-order valence-electron chi connectivity index (χ1n) is 9.87. The lowest BCUT2D eigenvalue weighted by Crippen LogP contribution is -2.28. The molecule has 10 nitrogen and oxygen atoms in total. The van der Waals surface area contributed by atoms with Crippen molar-refractivity contribution in [2.24, 2.45) is 0 Å². The number of amides is 1. The number of anilines is 1. The number of aliphatic hydroxyl groups excluding tert-OH is 1. The van der Waals surface area contributed by atoms with E-state index in [2.05, 4.69) is 35.7 Å². The first-order chi connectivity index (χ1) is 16.2. The van der Waals surface area contributed by atoms with Crippen molar-refractivity contribution in [1.82, 2.24) is 30.4 Å². The number of H-pyrrole nitrogens is 1. The SMILES string of the molecule is C[C@@H](NC(=O)c1ncnc(NCCO)c1Cl)c1cc(-c2nc3ccc(C(F)(F)F)cc3[nH]2)on1. The van der Waals surface area contributed by atoms with Crippen molar-refractivity contribution >= 4 is 34.4 Å². The van der Waals surface area contributed by atoms with E-state index in [1.165, 1.54) is 12.1 Å². The van der Waals surface area contributed by atoms with Crippen molar-refractivity contribution in [2.75, 3.05) is 18.5 Å². The highest BCUT2D eigenvalue weighted by Gasteiger charge is 2.31. The van der Waals surface area contributed by atoms with Gasteiger partial charge in [0.25, 0.3) is 5.91 Å². The first-order valence-corrected chi connectivity index (χ1v) is 10.2. The number of fused-ring (bicyclic) bond motifs is 1. The van der Waals surface area contributed by atoms with Gasteiger partial charge in [-0.1, -0.05) is 16.8 Å². The summed E-state index contributed by atoms with van der Waals surface area (Å²) < 4.78 is 44.1. The average Bonchev–Trinajstić information content (AvgIpc) is 3.44. The molecule has 4 rings (SSSR count). The van der Waals surface area contributed by atoms with Crippen molar-refractivity contribution in [1.29, 1.82) is 0 Å². The van der Waals surface area contributed by atoms with E-state index >= 15 is 0 Å². The number of nitrogens with zero attached hydrogens (tertiary/aromatic N) is 4. The van der Waals surface area contributed by atoms with Crippen LogP contribution in [0.25, 0.3) is 22.6 Å². The molecule has 0 unspecified atom stereocenters. The van der Waals surface area contributed by atoms with E-state index < -0.39 is 23.7 Å². The number of nitrogens with one attached hydrogen (secondary N) is 3. The number of alkyl halides is 3. The predicted octanol–water partition coefficient (Wildman–Crippen LogP) is 3.58. The zero-order valence-corrected chi connectivity index (χ0v) is 18.2. The largest absolute Gasteiger partial charge is 0.416 e. The number of aromatic nitrogens is 5. The fourth-order valence-corrected chi connectivity index (χ4v) is 3.32. The summed E-state index contributed by atoms with van der Waals surface area (Å²) in [5.41, 5.74) is -0.0311. The molecule has 0 saturated heterocycles. The van der Waals surface area contributed by atoms with Crippen LogP contribution in [-0.2, 0) is 6.18 Å². The summed E-state index contributed by atoms with van der Waals surface area (Å²) in [5, 5.41) is 18.3. The third-order valence-corrected chi connectivity index (χ3v) is 5.13. The van der Waals surface area contributed by atoms with Crippen molar-refractivity contribution in [3.63, 3.8) is 0 Å². The summed E-state index contributed by atoms with van der Waals surface area (Å²) in [6.07, 6.45) is -3.32. The molecule has 0 saturated carbocycles. The second kappa shape index (κ2) is 9.27. The molecule has 1 amide bonds. The van der Waals surface area contributed by atoms with E-state index in [4.69, 9.17) is 21.2 Å². The third kappa shape index (κ3) is 4.79. The minimum absolute atomic E-state index is 0.0120. The van der Waals surface area contributed by atoms with Crippen molar-refractivity contribution < 1.29 is 27.6 Å². The fourth-order valence-electron chi connectivity index (χ4n) is 3.07. The molecule has 3 aromatic heterocycles. The molecular weight excluding hydrogens is 479 g/mol. The Kier molecular flexibility index (Phi) is 6.39. The molecule has 0 radical (unpaired) electrons. The van der Waals surface area contributed by atoms with E-state index in [0.717, 1.165) is 18.5 Å². The minimum atomic E-state index is -4.48. The van der Waals surface area contributed by atoms with Gasteiger partial charge in [0.1, 0.15) is 22.9 Å². The summed E-state index contributed by atoms with van der Waals surface area (Å²) in [6, 6.07) is 4.03. The van der Waals surface area contributed by atoms with Crippen LogP contribution in [0.3, 0.4) is 0 Å². The second-order valence-corrected chi connectivity index (χ2v) is 7.54. The number of aromatic amines is 1. The Labute approximate surface area is 194 Å². The first kappa shape index (κ1) is 23.4. The lowest BCUT2D eigenvalue weighted by atomic mass is 10.2. The molecule has 0 spiro atoms. The topological polar surface area (TPSA) is 142 Å². The van der Waals surface area contributed by atoms with Gasteiger partial charge in [-0.05, 0) is 25.1 Å². The number of carbonyl (C=O) groups is 1. The molecule has 0 aliphatic heterocycles. The molecule has 178 valence electrons. The fraction of sp³-hybridized carbons (Fsp3) is 0.250. The van der Waals surface area contributed by atoms with Crippen LogP contribution in [0.5, 0.6) is 0 Å². The minimum Gasteiger partial charge on any atom is -0.395 e. The summed E-state index contributed by atoms with van der Waals surface area (Å²) >= 11 is 6.18. The van der Waals surface area contributed by atoms with Gasteiger partial charge in [-0.2, -0.15) is 13.2 Å². The lowest BCUT2D eigenvalue weighted by molar-refractivity contribution is -0.137. The summed E-state index contributed by atoms with van der Waals surface area (Å²) in [6.45, 7) is 1.69. The van der Waals surface area contributed by atoms with Crippen LogP contribution >= 0.6 is 11.6 Å². The van der Waals surface area contributed by atoms with E-state index in [1.807, 2.05) is 0 Å². The number of imidazole rings is 1. The maximum Gasteiger partial charge on any atom is 0.416 e. The Bertz CT molecular complexity index is 1340. The molecule has 1 aromatic carbocycles. The van der Waals surface area contributed by atoms with Gasteiger partial charge in [-0.25, -0.2) is 15.0 Å². The van der Waals surface area contributed by atoms with Gasteiger partial charge in [0.15, 0.2) is 11.5 Å². The smallest absolute Gasteiger partial charge is 0.395 e. The summed E-state index contributed by atoms with van der Waals surface area (Å²) in [7, 11) is 0. The molecule has 4 N–H and O–H groups in total. The Balaban J connectivity index is 1.51. The van der Waals surface area contributed by atoms with Crippen molar-refractivity contribution in [3.05, 3.63) is 52.6 Å². The van der Waals surface area contributed by atoms with Crippen molar-refractivity contribution in [3.8, 4) is 11.6 Å². The van der Waals surface area contributed by atoms with Crippen molar-refractivity contribution in [2.45, 2.75) is 19.1 Å². The second-order valence-electron chi connectivity index (χ2n) is 7.16. The average molecular weight is 496 g/mol. The van der Waals surface area contributed by atoms with Crippen LogP contribution in [0.2, 0.25) is 5.02 Å². The van der Waals surface area contributed by atoms with E-state index in [9.17, 15) is 18.0 Å². The number of carbonyl (C=O) groups excluding carboxylic acids is 1. The van der Waals surface area contributed by atoms with Crippen LogP contribution in [0, 0.1) is 0 Å². The zero-order valence-electron chi connectivity index (χ0n) is 17.4. The number of hydrogen-bond donors (Lipinski definition) is 4. The number of aliphatic hydroxyl groups is 1. The van der Waals surface area contributed by atoms with Crippen LogP contribution in [0.15, 0.2) is 35.1 Å². The number of hydrogen-bond acceptors (Lipinski definition) is 8. The maximum atomic E-state index is 12.9. The molecule has 0 fully saturated rings. The third-order valence-electron chi connectivity index (χ3n) is 4.77. The maximum absolute atomic E-state index is 12.9. The number of halogens is 4. The normalized spacial score (nSPS) is 12.6. The highest BCUT2D eigenvalue weighted by Crippen LogP contribution is 2.32.